The number of fused-ring (bicyclic) bond motifs is 1. The molecule has 0 amide bonds. The molecule has 27 heavy (non-hydrogen) atoms. The molecule has 4 aromatic rings. The molecule has 0 unspecified atom stereocenters. The molecule has 0 aromatic carbocycles. The second-order valence-corrected chi connectivity index (χ2v) is 6.89. The molecule has 0 bridgehead atoms. The molecule has 9 heteroatoms. The summed E-state index contributed by atoms with van der Waals surface area (Å²) in [6.07, 6.45) is 3.58. The van der Waals surface area contributed by atoms with Gasteiger partial charge >= 0.3 is 5.97 Å². The summed E-state index contributed by atoms with van der Waals surface area (Å²) in [7, 11) is 0. The number of hydrogen-bond donors (Lipinski definition) is 1. The number of aromatic carboxylic acids is 1. The number of carboxylic acid groups (broad SMARTS) is 1. The smallest absolute Gasteiger partial charge is 0.351 e. The number of pyridine rings is 1. The van der Waals surface area contributed by atoms with Crippen LogP contribution in [-0.2, 0) is 0 Å². The molecule has 4 heterocycles. The van der Waals surface area contributed by atoms with Crippen molar-refractivity contribution in [2.45, 2.75) is 20.8 Å². The van der Waals surface area contributed by atoms with E-state index in [1.165, 1.54) is 0 Å². The van der Waals surface area contributed by atoms with Gasteiger partial charge in [-0.15, -0.1) is 11.3 Å². The minimum Gasteiger partial charge on any atom is -0.477 e. The number of nitrogens with zero attached hydrogens (tertiary/aromatic N) is 4. The Morgan fingerprint density at radius 2 is 2.22 bits per heavy atom. The lowest BCUT2D eigenvalue weighted by molar-refractivity contribution is 0.0697. The second-order valence-electron chi connectivity index (χ2n) is 5.89. The highest BCUT2D eigenvalue weighted by Gasteiger charge is 2.21. The van der Waals surface area contributed by atoms with E-state index in [1.807, 2.05) is 32.2 Å². The molecule has 0 spiro atoms. The quantitative estimate of drug-likeness (QED) is 0.558. The SMILES string of the molecule is CCOc1nc(-c2ccn3ncc(-c4c(C)noc4C)c3c2)sc1C(=O)O. The van der Waals surface area contributed by atoms with Crippen LogP contribution in [0.4, 0.5) is 0 Å². The van der Waals surface area contributed by atoms with E-state index >= 15 is 0 Å². The summed E-state index contributed by atoms with van der Waals surface area (Å²) in [5.74, 6) is -0.192. The first kappa shape index (κ1) is 17.2. The van der Waals surface area contributed by atoms with E-state index in [1.54, 1.807) is 17.6 Å². The summed E-state index contributed by atoms with van der Waals surface area (Å²) < 4.78 is 12.4. The fourth-order valence-corrected chi connectivity index (χ4v) is 3.82. The Hall–Kier alpha value is -3.20. The summed E-state index contributed by atoms with van der Waals surface area (Å²) in [6, 6.07) is 3.77. The molecule has 1 N–H and O–H groups in total. The Morgan fingerprint density at radius 1 is 1.41 bits per heavy atom. The van der Waals surface area contributed by atoms with Crippen molar-refractivity contribution in [3.05, 3.63) is 40.9 Å². The van der Waals surface area contributed by atoms with Gasteiger partial charge in [0.25, 0.3) is 0 Å². The summed E-state index contributed by atoms with van der Waals surface area (Å²) in [5.41, 5.74) is 4.23. The van der Waals surface area contributed by atoms with Crippen LogP contribution < -0.4 is 4.74 Å². The molecule has 8 nitrogen and oxygen atoms in total. The van der Waals surface area contributed by atoms with Crippen LogP contribution in [0.25, 0.3) is 27.2 Å². The van der Waals surface area contributed by atoms with Gasteiger partial charge in [0.15, 0.2) is 4.88 Å². The molecule has 0 fully saturated rings. The zero-order chi connectivity index (χ0) is 19.1. The van der Waals surface area contributed by atoms with Gasteiger partial charge in [0, 0.05) is 17.3 Å². The number of rotatable bonds is 5. The van der Waals surface area contributed by atoms with Gasteiger partial charge in [-0.3, -0.25) is 0 Å². The summed E-state index contributed by atoms with van der Waals surface area (Å²) in [6.45, 7) is 5.88. The molecule has 0 saturated heterocycles. The van der Waals surface area contributed by atoms with Gasteiger partial charge in [0.2, 0.25) is 5.88 Å². The largest absolute Gasteiger partial charge is 0.477 e. The number of ether oxygens (including phenoxy) is 1. The summed E-state index contributed by atoms with van der Waals surface area (Å²) in [4.78, 5) is 15.9. The van der Waals surface area contributed by atoms with Crippen molar-refractivity contribution in [1.29, 1.82) is 0 Å². The Labute approximate surface area is 158 Å². The van der Waals surface area contributed by atoms with E-state index in [9.17, 15) is 9.90 Å². The van der Waals surface area contributed by atoms with Crippen LogP contribution in [0.1, 0.15) is 28.0 Å². The predicted octanol–water partition coefficient (Wildman–Crippen LogP) is 3.83. The Balaban J connectivity index is 1.86. The summed E-state index contributed by atoms with van der Waals surface area (Å²) in [5, 5.41) is 18.3. The molecule has 4 rings (SSSR count). The van der Waals surface area contributed by atoms with Gasteiger partial charge in [-0.05, 0) is 32.9 Å². The van der Waals surface area contributed by atoms with Crippen molar-refractivity contribution in [2.75, 3.05) is 6.61 Å². The van der Waals surface area contributed by atoms with Crippen LogP contribution in [0.15, 0.2) is 29.0 Å². The van der Waals surface area contributed by atoms with Gasteiger partial charge in [0.05, 0.1) is 29.6 Å². The summed E-state index contributed by atoms with van der Waals surface area (Å²) >= 11 is 1.09. The third-order valence-electron chi connectivity index (χ3n) is 4.14. The van der Waals surface area contributed by atoms with Crippen molar-refractivity contribution < 1.29 is 19.2 Å². The standard InChI is InChI=1S/C18H16N4O4S/c1-4-25-16-15(18(23)24)27-17(20-16)11-5-6-22-13(7-11)12(8-19-22)14-9(2)21-26-10(14)3/h5-8H,4H2,1-3H3,(H,23,24). The maximum Gasteiger partial charge on any atom is 0.351 e. The molecule has 0 aliphatic heterocycles. The Bertz CT molecular complexity index is 1140. The number of aryl methyl sites for hydroxylation is 2. The minimum atomic E-state index is -1.05. The van der Waals surface area contributed by atoms with E-state index in [4.69, 9.17) is 9.26 Å². The molecule has 0 saturated carbocycles. The fourth-order valence-electron chi connectivity index (χ4n) is 2.97. The maximum absolute atomic E-state index is 11.5. The first-order valence-electron chi connectivity index (χ1n) is 8.27. The number of carbonyl (C=O) groups is 1. The average molecular weight is 384 g/mol. The van der Waals surface area contributed by atoms with Gasteiger partial charge in [-0.1, -0.05) is 5.16 Å². The van der Waals surface area contributed by atoms with Gasteiger partial charge in [0.1, 0.15) is 10.8 Å². The van der Waals surface area contributed by atoms with E-state index < -0.39 is 5.97 Å². The Kier molecular flexibility index (Phi) is 4.15. The van der Waals surface area contributed by atoms with E-state index in [0.717, 1.165) is 39.2 Å². The molecule has 0 aliphatic carbocycles. The average Bonchev–Trinajstić information content (AvgIpc) is 3.32. The molecule has 4 aromatic heterocycles. The van der Waals surface area contributed by atoms with Gasteiger partial charge in [-0.2, -0.15) is 5.10 Å². The number of thiazole rings is 1. The van der Waals surface area contributed by atoms with Crippen molar-refractivity contribution in [1.82, 2.24) is 19.8 Å². The molecular weight excluding hydrogens is 368 g/mol. The van der Waals surface area contributed by atoms with Crippen LogP contribution in [0.3, 0.4) is 0 Å². The minimum absolute atomic E-state index is 0.0891. The maximum atomic E-state index is 11.5. The highest BCUT2D eigenvalue weighted by atomic mass is 32.1. The molecule has 0 radical (unpaired) electrons. The first-order chi connectivity index (χ1) is 13.0. The van der Waals surface area contributed by atoms with E-state index in [2.05, 4.69) is 15.2 Å². The van der Waals surface area contributed by atoms with Crippen molar-refractivity contribution >= 4 is 22.8 Å². The third kappa shape index (κ3) is 2.85. The van der Waals surface area contributed by atoms with E-state index in [0.29, 0.717) is 17.4 Å². The lowest BCUT2D eigenvalue weighted by Gasteiger charge is -2.01. The lowest BCUT2D eigenvalue weighted by Crippen LogP contribution is -1.99. The topological polar surface area (TPSA) is 103 Å². The number of carboxylic acids is 1. The van der Waals surface area contributed by atoms with Crippen LogP contribution in [0.2, 0.25) is 0 Å². The molecule has 0 aliphatic rings. The zero-order valence-electron chi connectivity index (χ0n) is 14.9. The van der Waals surface area contributed by atoms with Crippen LogP contribution in [-0.4, -0.2) is 37.4 Å². The number of aromatic nitrogens is 4. The molecular formula is C18H16N4O4S. The van der Waals surface area contributed by atoms with Crippen LogP contribution in [0, 0.1) is 13.8 Å². The monoisotopic (exact) mass is 384 g/mol. The third-order valence-corrected chi connectivity index (χ3v) is 5.22. The second kappa shape index (κ2) is 6.51. The fraction of sp³-hybridized carbons (Fsp3) is 0.222. The van der Waals surface area contributed by atoms with Crippen LogP contribution in [0.5, 0.6) is 5.88 Å². The number of hydrogen-bond acceptors (Lipinski definition) is 7. The van der Waals surface area contributed by atoms with Gasteiger partial charge in [-0.25, -0.2) is 14.3 Å². The Morgan fingerprint density at radius 3 is 2.89 bits per heavy atom. The highest BCUT2D eigenvalue weighted by Crippen LogP contribution is 2.35. The highest BCUT2D eigenvalue weighted by molar-refractivity contribution is 7.17. The lowest BCUT2D eigenvalue weighted by atomic mass is 10.1. The normalized spacial score (nSPS) is 11.2. The van der Waals surface area contributed by atoms with E-state index in [-0.39, 0.29) is 10.8 Å². The van der Waals surface area contributed by atoms with Crippen molar-refractivity contribution in [3.8, 4) is 27.6 Å². The van der Waals surface area contributed by atoms with Gasteiger partial charge < -0.3 is 14.4 Å². The molecule has 0 atom stereocenters. The first-order valence-corrected chi connectivity index (χ1v) is 9.09. The van der Waals surface area contributed by atoms with Crippen molar-refractivity contribution in [2.24, 2.45) is 0 Å². The predicted molar refractivity (Wildman–Crippen MR) is 99.4 cm³/mol. The van der Waals surface area contributed by atoms with Crippen LogP contribution >= 0.6 is 11.3 Å². The molecule has 138 valence electrons. The van der Waals surface area contributed by atoms with Crippen molar-refractivity contribution in [3.63, 3.8) is 0 Å². The zero-order valence-corrected chi connectivity index (χ0v) is 15.7.